The normalized spacial score (nSPS) is 17.1. The van der Waals surface area contributed by atoms with E-state index in [0.717, 1.165) is 12.8 Å². The predicted octanol–water partition coefficient (Wildman–Crippen LogP) is -0.260. The van der Waals surface area contributed by atoms with Crippen LogP contribution < -0.4 is 11.1 Å². The topological polar surface area (TPSA) is 93.2 Å². The smallest absolute Gasteiger partial charge is 0.274 e. The van der Waals surface area contributed by atoms with Crippen LogP contribution in [-0.2, 0) is 6.54 Å². The standard InChI is InChI=1S/C10H16N4O2/c1-2-14-5-7(11)8(13-14)9(16)12-10(6-15)3-4-10/h5,15H,2-4,6,11H2,1H3,(H,12,16). The number of nitrogen functional groups attached to an aromatic ring is 1. The van der Waals surface area contributed by atoms with Crippen molar-refractivity contribution in [2.75, 3.05) is 12.3 Å². The monoisotopic (exact) mass is 224 g/mol. The molecule has 0 radical (unpaired) electrons. The van der Waals surface area contributed by atoms with E-state index in [0.29, 0.717) is 12.2 Å². The molecule has 1 heterocycles. The number of amides is 1. The van der Waals surface area contributed by atoms with E-state index in [1.165, 1.54) is 0 Å². The molecular formula is C10H16N4O2. The van der Waals surface area contributed by atoms with Gasteiger partial charge in [0.05, 0.1) is 17.8 Å². The third kappa shape index (κ3) is 1.88. The number of carbonyl (C=O) groups excluding carboxylic acids is 1. The van der Waals surface area contributed by atoms with Crippen LogP contribution in [0.1, 0.15) is 30.3 Å². The number of nitrogens with two attached hydrogens (primary N) is 1. The zero-order chi connectivity index (χ0) is 11.8. The van der Waals surface area contributed by atoms with E-state index in [2.05, 4.69) is 10.4 Å². The molecule has 1 amide bonds. The number of aromatic nitrogens is 2. The average Bonchev–Trinajstić information content (AvgIpc) is 2.94. The molecule has 1 aliphatic rings. The highest BCUT2D eigenvalue weighted by molar-refractivity contribution is 5.97. The van der Waals surface area contributed by atoms with Gasteiger partial charge >= 0.3 is 0 Å². The first-order chi connectivity index (χ1) is 7.60. The van der Waals surface area contributed by atoms with Crippen LogP contribution in [0.3, 0.4) is 0 Å². The minimum atomic E-state index is -0.431. The summed E-state index contributed by atoms with van der Waals surface area (Å²) < 4.78 is 1.61. The largest absolute Gasteiger partial charge is 0.396 e. The summed E-state index contributed by atoms with van der Waals surface area (Å²) in [5, 5.41) is 15.9. The van der Waals surface area contributed by atoms with Crippen LogP contribution in [0.25, 0.3) is 0 Å². The molecule has 1 fully saturated rings. The highest BCUT2D eigenvalue weighted by Gasteiger charge is 2.44. The summed E-state index contributed by atoms with van der Waals surface area (Å²) >= 11 is 0. The summed E-state index contributed by atoms with van der Waals surface area (Å²) in [5.41, 5.74) is 5.87. The van der Waals surface area contributed by atoms with Crippen molar-refractivity contribution < 1.29 is 9.90 Å². The van der Waals surface area contributed by atoms with E-state index >= 15 is 0 Å². The second kappa shape index (κ2) is 3.79. The van der Waals surface area contributed by atoms with Crippen molar-refractivity contribution in [2.45, 2.75) is 31.8 Å². The lowest BCUT2D eigenvalue weighted by Crippen LogP contribution is -2.40. The van der Waals surface area contributed by atoms with Gasteiger partial charge in [-0.2, -0.15) is 5.10 Å². The molecule has 6 nitrogen and oxygen atoms in total. The Morgan fingerprint density at radius 2 is 2.44 bits per heavy atom. The van der Waals surface area contributed by atoms with Gasteiger partial charge in [0.25, 0.3) is 5.91 Å². The molecule has 1 saturated carbocycles. The lowest BCUT2D eigenvalue weighted by atomic mass is 10.2. The van der Waals surface area contributed by atoms with Gasteiger partial charge in [0.15, 0.2) is 5.69 Å². The minimum absolute atomic E-state index is 0.0346. The fourth-order valence-electron chi connectivity index (χ4n) is 1.55. The number of aryl methyl sites for hydroxylation is 1. The highest BCUT2D eigenvalue weighted by atomic mass is 16.3. The third-order valence-electron chi connectivity index (χ3n) is 2.86. The van der Waals surface area contributed by atoms with Crippen LogP contribution in [0.5, 0.6) is 0 Å². The summed E-state index contributed by atoms with van der Waals surface area (Å²) in [7, 11) is 0. The van der Waals surface area contributed by atoms with E-state index < -0.39 is 5.54 Å². The Morgan fingerprint density at radius 3 is 2.88 bits per heavy atom. The molecule has 1 aliphatic carbocycles. The Kier molecular flexibility index (Phi) is 2.59. The second-order valence-corrected chi connectivity index (χ2v) is 4.18. The summed E-state index contributed by atoms with van der Waals surface area (Å²) in [5.74, 6) is -0.309. The van der Waals surface area contributed by atoms with Crippen LogP contribution in [0, 0.1) is 0 Å². The molecule has 1 aromatic rings. The predicted molar refractivity (Wildman–Crippen MR) is 58.8 cm³/mol. The minimum Gasteiger partial charge on any atom is -0.396 e. The molecule has 16 heavy (non-hydrogen) atoms. The molecule has 4 N–H and O–H groups in total. The van der Waals surface area contributed by atoms with Crippen molar-refractivity contribution >= 4 is 11.6 Å². The molecular weight excluding hydrogens is 208 g/mol. The van der Waals surface area contributed by atoms with Crippen molar-refractivity contribution in [1.29, 1.82) is 0 Å². The number of hydrogen-bond acceptors (Lipinski definition) is 4. The Hall–Kier alpha value is -1.56. The average molecular weight is 224 g/mol. The van der Waals surface area contributed by atoms with Gasteiger partial charge in [-0.15, -0.1) is 0 Å². The van der Waals surface area contributed by atoms with E-state index in [1.807, 2.05) is 6.92 Å². The molecule has 88 valence electrons. The highest BCUT2D eigenvalue weighted by Crippen LogP contribution is 2.34. The van der Waals surface area contributed by atoms with E-state index in [-0.39, 0.29) is 18.2 Å². The summed E-state index contributed by atoms with van der Waals surface area (Å²) in [4.78, 5) is 11.8. The third-order valence-corrected chi connectivity index (χ3v) is 2.86. The van der Waals surface area contributed by atoms with Gasteiger partial charge in [-0.1, -0.05) is 0 Å². The van der Waals surface area contributed by atoms with E-state index in [4.69, 9.17) is 10.8 Å². The second-order valence-electron chi connectivity index (χ2n) is 4.18. The molecule has 0 saturated heterocycles. The fourth-order valence-corrected chi connectivity index (χ4v) is 1.55. The zero-order valence-corrected chi connectivity index (χ0v) is 9.23. The number of carbonyl (C=O) groups is 1. The maximum atomic E-state index is 11.8. The van der Waals surface area contributed by atoms with Crippen LogP contribution in [0.4, 0.5) is 5.69 Å². The van der Waals surface area contributed by atoms with Crippen molar-refractivity contribution in [2.24, 2.45) is 0 Å². The van der Waals surface area contributed by atoms with E-state index in [9.17, 15) is 4.79 Å². The number of rotatable bonds is 4. The Bertz CT molecular complexity index is 409. The number of aliphatic hydroxyl groups excluding tert-OH is 1. The summed E-state index contributed by atoms with van der Waals surface area (Å²) in [6.45, 7) is 2.56. The Labute approximate surface area is 93.4 Å². The fraction of sp³-hybridized carbons (Fsp3) is 0.600. The zero-order valence-electron chi connectivity index (χ0n) is 9.23. The van der Waals surface area contributed by atoms with Gasteiger partial charge in [-0.25, -0.2) is 0 Å². The maximum absolute atomic E-state index is 11.8. The first kappa shape index (κ1) is 10.9. The summed E-state index contributed by atoms with van der Waals surface area (Å²) in [6, 6.07) is 0. The Balaban J connectivity index is 2.11. The van der Waals surface area contributed by atoms with Crippen LogP contribution in [0.2, 0.25) is 0 Å². The number of anilines is 1. The first-order valence-electron chi connectivity index (χ1n) is 5.36. The molecule has 0 atom stereocenters. The number of hydrogen-bond donors (Lipinski definition) is 3. The van der Waals surface area contributed by atoms with Crippen molar-refractivity contribution in [3.8, 4) is 0 Å². The SMILES string of the molecule is CCn1cc(N)c(C(=O)NC2(CO)CC2)n1. The molecule has 0 spiro atoms. The van der Waals surface area contributed by atoms with Crippen LogP contribution >= 0.6 is 0 Å². The maximum Gasteiger partial charge on any atom is 0.274 e. The number of nitrogens with zero attached hydrogens (tertiary/aromatic N) is 2. The molecule has 0 aliphatic heterocycles. The quantitative estimate of drug-likeness (QED) is 0.657. The van der Waals surface area contributed by atoms with Crippen LogP contribution in [-0.4, -0.2) is 32.9 Å². The lowest BCUT2D eigenvalue weighted by Gasteiger charge is -2.12. The molecule has 0 aromatic carbocycles. The van der Waals surface area contributed by atoms with Crippen molar-refractivity contribution in [3.63, 3.8) is 0 Å². The van der Waals surface area contributed by atoms with Gasteiger partial charge in [0.1, 0.15) is 0 Å². The molecule has 1 aromatic heterocycles. The van der Waals surface area contributed by atoms with Gasteiger partial charge in [0.2, 0.25) is 0 Å². The van der Waals surface area contributed by atoms with Gasteiger partial charge in [-0.3, -0.25) is 9.48 Å². The molecule has 0 unspecified atom stereocenters. The van der Waals surface area contributed by atoms with Crippen molar-refractivity contribution in [3.05, 3.63) is 11.9 Å². The van der Waals surface area contributed by atoms with Gasteiger partial charge < -0.3 is 16.2 Å². The van der Waals surface area contributed by atoms with Gasteiger partial charge in [-0.05, 0) is 19.8 Å². The molecule has 6 heteroatoms. The van der Waals surface area contributed by atoms with Crippen LogP contribution in [0.15, 0.2) is 6.20 Å². The lowest BCUT2D eigenvalue weighted by molar-refractivity contribution is 0.0901. The number of nitrogens with one attached hydrogen (secondary N) is 1. The van der Waals surface area contributed by atoms with E-state index in [1.54, 1.807) is 10.9 Å². The first-order valence-corrected chi connectivity index (χ1v) is 5.36. The number of aliphatic hydroxyl groups is 1. The van der Waals surface area contributed by atoms with Crippen molar-refractivity contribution in [1.82, 2.24) is 15.1 Å². The molecule has 0 bridgehead atoms. The molecule has 2 rings (SSSR count). The van der Waals surface area contributed by atoms with Gasteiger partial charge in [0, 0.05) is 12.7 Å². The Morgan fingerprint density at radius 1 is 1.75 bits per heavy atom. The summed E-state index contributed by atoms with van der Waals surface area (Å²) in [6.07, 6.45) is 3.25.